The van der Waals surface area contributed by atoms with E-state index in [-0.39, 0.29) is 5.91 Å². The van der Waals surface area contributed by atoms with Crippen molar-refractivity contribution in [2.24, 2.45) is 11.8 Å². The summed E-state index contributed by atoms with van der Waals surface area (Å²) in [6.45, 7) is 3.03. The third kappa shape index (κ3) is 3.89. The predicted molar refractivity (Wildman–Crippen MR) is 83.9 cm³/mol. The average Bonchev–Trinajstić information content (AvgIpc) is 2.42. The Morgan fingerprint density at radius 2 is 2.25 bits per heavy atom. The third-order valence-corrected chi connectivity index (χ3v) is 4.58. The van der Waals surface area contributed by atoms with Gasteiger partial charge in [0.05, 0.1) is 16.3 Å². The molecular formula is C16H23ClN2O. The summed E-state index contributed by atoms with van der Waals surface area (Å²) >= 11 is 6.05. The number of hydrogen-bond acceptors (Lipinski definition) is 2. The van der Waals surface area contributed by atoms with Crippen molar-refractivity contribution in [2.75, 3.05) is 12.3 Å². The number of carbonyl (C=O) groups is 1. The molecule has 20 heavy (non-hydrogen) atoms. The fourth-order valence-electron chi connectivity index (χ4n) is 3.03. The average molecular weight is 295 g/mol. The van der Waals surface area contributed by atoms with Gasteiger partial charge >= 0.3 is 0 Å². The molecule has 0 aliphatic heterocycles. The lowest BCUT2D eigenvalue weighted by molar-refractivity contribution is 0.0950. The Morgan fingerprint density at radius 1 is 1.45 bits per heavy atom. The number of anilines is 1. The SMILES string of the molecule is CC1CCCC(CCNC(=O)c2cccc(N)c2Cl)C1. The first-order valence-corrected chi connectivity index (χ1v) is 7.78. The highest BCUT2D eigenvalue weighted by atomic mass is 35.5. The summed E-state index contributed by atoms with van der Waals surface area (Å²) in [5, 5.41) is 3.29. The lowest BCUT2D eigenvalue weighted by Crippen LogP contribution is -2.27. The van der Waals surface area contributed by atoms with E-state index in [0.717, 1.165) is 18.3 Å². The van der Waals surface area contributed by atoms with Gasteiger partial charge in [-0.25, -0.2) is 0 Å². The van der Waals surface area contributed by atoms with E-state index in [4.69, 9.17) is 17.3 Å². The van der Waals surface area contributed by atoms with Crippen LogP contribution in [0.1, 0.15) is 49.4 Å². The molecule has 3 nitrogen and oxygen atoms in total. The maximum absolute atomic E-state index is 12.1. The van der Waals surface area contributed by atoms with Gasteiger partial charge in [-0.05, 0) is 36.8 Å². The van der Waals surface area contributed by atoms with Crippen molar-refractivity contribution in [1.82, 2.24) is 5.32 Å². The Kier molecular flexibility index (Phi) is 5.30. The van der Waals surface area contributed by atoms with E-state index in [1.165, 1.54) is 25.7 Å². The van der Waals surface area contributed by atoms with Crippen LogP contribution in [0.2, 0.25) is 5.02 Å². The van der Waals surface area contributed by atoms with Crippen molar-refractivity contribution >= 4 is 23.2 Å². The molecule has 3 N–H and O–H groups in total. The van der Waals surface area contributed by atoms with E-state index in [0.29, 0.717) is 22.8 Å². The number of halogens is 1. The molecular weight excluding hydrogens is 272 g/mol. The van der Waals surface area contributed by atoms with Gasteiger partial charge in [-0.3, -0.25) is 4.79 Å². The zero-order valence-corrected chi connectivity index (χ0v) is 12.7. The minimum absolute atomic E-state index is 0.133. The van der Waals surface area contributed by atoms with Gasteiger partial charge in [-0.1, -0.05) is 43.9 Å². The quantitative estimate of drug-likeness (QED) is 0.828. The second-order valence-corrected chi connectivity index (χ2v) is 6.27. The molecule has 0 heterocycles. The van der Waals surface area contributed by atoms with Crippen LogP contribution in [0.4, 0.5) is 5.69 Å². The van der Waals surface area contributed by atoms with E-state index in [2.05, 4.69) is 12.2 Å². The minimum atomic E-state index is -0.133. The van der Waals surface area contributed by atoms with E-state index in [1.54, 1.807) is 18.2 Å². The number of hydrogen-bond donors (Lipinski definition) is 2. The van der Waals surface area contributed by atoms with Crippen molar-refractivity contribution < 1.29 is 4.79 Å². The molecule has 0 aromatic heterocycles. The number of nitrogens with two attached hydrogens (primary N) is 1. The fraction of sp³-hybridized carbons (Fsp3) is 0.562. The van der Waals surface area contributed by atoms with Crippen LogP contribution in [0.5, 0.6) is 0 Å². The number of nitrogen functional groups attached to an aromatic ring is 1. The maximum atomic E-state index is 12.1. The van der Waals surface area contributed by atoms with E-state index in [9.17, 15) is 4.79 Å². The normalized spacial score (nSPS) is 22.5. The number of carbonyl (C=O) groups excluding carboxylic acids is 1. The van der Waals surface area contributed by atoms with Crippen molar-refractivity contribution in [3.8, 4) is 0 Å². The van der Waals surface area contributed by atoms with Crippen LogP contribution < -0.4 is 11.1 Å². The van der Waals surface area contributed by atoms with Crippen LogP contribution in [0.3, 0.4) is 0 Å². The van der Waals surface area contributed by atoms with Crippen LogP contribution in [0.25, 0.3) is 0 Å². The van der Waals surface area contributed by atoms with Gasteiger partial charge in [0, 0.05) is 6.54 Å². The highest BCUT2D eigenvalue weighted by Crippen LogP contribution is 2.30. The Hall–Kier alpha value is -1.22. The highest BCUT2D eigenvalue weighted by molar-refractivity contribution is 6.36. The van der Waals surface area contributed by atoms with Crippen molar-refractivity contribution in [2.45, 2.75) is 39.0 Å². The molecule has 1 aromatic carbocycles. The van der Waals surface area contributed by atoms with Crippen molar-refractivity contribution in [3.63, 3.8) is 0 Å². The Labute approximate surface area is 125 Å². The van der Waals surface area contributed by atoms with Crippen LogP contribution in [0.15, 0.2) is 18.2 Å². The summed E-state index contributed by atoms with van der Waals surface area (Å²) < 4.78 is 0. The van der Waals surface area contributed by atoms with Gasteiger partial charge in [0.15, 0.2) is 0 Å². The number of benzene rings is 1. The van der Waals surface area contributed by atoms with Crippen LogP contribution in [-0.4, -0.2) is 12.5 Å². The van der Waals surface area contributed by atoms with Crippen LogP contribution in [0, 0.1) is 11.8 Å². The molecule has 2 unspecified atom stereocenters. The first kappa shape index (κ1) is 15.2. The van der Waals surface area contributed by atoms with E-state index >= 15 is 0 Å². The van der Waals surface area contributed by atoms with E-state index in [1.807, 2.05) is 0 Å². The molecule has 1 saturated carbocycles. The number of nitrogens with one attached hydrogen (secondary N) is 1. The smallest absolute Gasteiger partial charge is 0.252 e. The first-order chi connectivity index (χ1) is 9.58. The molecule has 110 valence electrons. The van der Waals surface area contributed by atoms with Gasteiger partial charge < -0.3 is 11.1 Å². The topological polar surface area (TPSA) is 55.1 Å². The zero-order chi connectivity index (χ0) is 14.5. The van der Waals surface area contributed by atoms with E-state index < -0.39 is 0 Å². The Morgan fingerprint density at radius 3 is 3.00 bits per heavy atom. The molecule has 0 radical (unpaired) electrons. The summed E-state index contributed by atoms with van der Waals surface area (Å²) in [7, 11) is 0. The molecule has 4 heteroatoms. The molecule has 0 saturated heterocycles. The van der Waals surface area contributed by atoms with Gasteiger partial charge in [-0.15, -0.1) is 0 Å². The third-order valence-electron chi connectivity index (χ3n) is 4.16. The largest absolute Gasteiger partial charge is 0.398 e. The highest BCUT2D eigenvalue weighted by Gasteiger charge is 2.19. The molecule has 0 spiro atoms. The predicted octanol–water partition coefficient (Wildman–Crippen LogP) is 3.87. The summed E-state index contributed by atoms with van der Waals surface area (Å²) in [6.07, 6.45) is 6.30. The summed E-state index contributed by atoms with van der Waals surface area (Å²) in [5.74, 6) is 1.44. The minimum Gasteiger partial charge on any atom is -0.398 e. The molecule has 1 aliphatic rings. The van der Waals surface area contributed by atoms with Crippen LogP contribution >= 0.6 is 11.6 Å². The molecule has 2 atom stereocenters. The standard InChI is InChI=1S/C16H23ClN2O/c1-11-4-2-5-12(10-11)8-9-19-16(20)13-6-3-7-14(18)15(13)17/h3,6-7,11-12H,2,4-5,8-10,18H2,1H3,(H,19,20). The lowest BCUT2D eigenvalue weighted by Gasteiger charge is -2.26. The molecule has 1 fully saturated rings. The van der Waals surface area contributed by atoms with Gasteiger partial charge in [0.1, 0.15) is 0 Å². The van der Waals surface area contributed by atoms with Gasteiger partial charge in [-0.2, -0.15) is 0 Å². The van der Waals surface area contributed by atoms with Crippen molar-refractivity contribution in [1.29, 1.82) is 0 Å². The first-order valence-electron chi connectivity index (χ1n) is 7.40. The van der Waals surface area contributed by atoms with Gasteiger partial charge in [0.2, 0.25) is 0 Å². The summed E-state index contributed by atoms with van der Waals surface area (Å²) in [6, 6.07) is 5.15. The number of amides is 1. The lowest BCUT2D eigenvalue weighted by atomic mass is 9.81. The van der Waals surface area contributed by atoms with Gasteiger partial charge in [0.25, 0.3) is 5.91 Å². The number of rotatable bonds is 4. The maximum Gasteiger partial charge on any atom is 0.252 e. The summed E-state index contributed by atoms with van der Waals surface area (Å²) in [5.41, 5.74) is 6.61. The fourth-order valence-corrected chi connectivity index (χ4v) is 3.24. The molecule has 2 rings (SSSR count). The second-order valence-electron chi connectivity index (χ2n) is 5.89. The molecule has 1 aromatic rings. The monoisotopic (exact) mass is 294 g/mol. The Bertz CT molecular complexity index is 476. The van der Waals surface area contributed by atoms with Crippen LogP contribution in [-0.2, 0) is 0 Å². The molecule has 0 bridgehead atoms. The zero-order valence-electron chi connectivity index (χ0n) is 12.0. The second kappa shape index (κ2) is 6.98. The Balaban J connectivity index is 1.82. The van der Waals surface area contributed by atoms with Crippen molar-refractivity contribution in [3.05, 3.63) is 28.8 Å². The molecule has 1 aliphatic carbocycles. The molecule has 1 amide bonds. The summed E-state index contributed by atoms with van der Waals surface area (Å²) in [4.78, 5) is 12.1.